The van der Waals surface area contributed by atoms with Crippen molar-refractivity contribution in [1.29, 1.82) is 0 Å². The Morgan fingerprint density at radius 3 is 2.85 bits per heavy atom. The van der Waals surface area contributed by atoms with Crippen molar-refractivity contribution in [2.24, 2.45) is 5.92 Å². The lowest BCUT2D eigenvalue weighted by atomic mass is 10.1. The minimum Gasteiger partial charge on any atom is -0.315 e. The molecule has 1 aliphatic carbocycles. The zero-order valence-electron chi connectivity index (χ0n) is 8.68. The van der Waals surface area contributed by atoms with Gasteiger partial charge in [0.25, 0.3) is 0 Å². The van der Waals surface area contributed by atoms with E-state index in [0.29, 0.717) is 0 Å². The zero-order chi connectivity index (χ0) is 9.10. The molecule has 13 heavy (non-hydrogen) atoms. The molecule has 2 aliphatic rings. The first kappa shape index (κ1) is 9.47. The van der Waals surface area contributed by atoms with Crippen molar-refractivity contribution in [3.05, 3.63) is 0 Å². The van der Waals surface area contributed by atoms with Gasteiger partial charge in [-0.3, -0.25) is 0 Å². The van der Waals surface area contributed by atoms with Crippen molar-refractivity contribution in [3.63, 3.8) is 0 Å². The SMILES string of the molecule is CC(CC1CC1)NC1CCCNC1. The van der Waals surface area contributed by atoms with E-state index in [-0.39, 0.29) is 0 Å². The van der Waals surface area contributed by atoms with Gasteiger partial charge in [-0.25, -0.2) is 0 Å². The molecule has 0 aromatic heterocycles. The second kappa shape index (κ2) is 4.43. The van der Waals surface area contributed by atoms with Crippen LogP contribution in [0.3, 0.4) is 0 Å². The Hall–Kier alpha value is -0.0800. The second-order valence-electron chi connectivity index (χ2n) is 4.79. The third kappa shape index (κ3) is 3.28. The largest absolute Gasteiger partial charge is 0.315 e. The average molecular weight is 182 g/mol. The molecule has 2 fully saturated rings. The van der Waals surface area contributed by atoms with E-state index in [2.05, 4.69) is 17.6 Å². The van der Waals surface area contributed by atoms with Crippen LogP contribution in [0.4, 0.5) is 0 Å². The molecular weight excluding hydrogens is 160 g/mol. The number of piperidine rings is 1. The Morgan fingerprint density at radius 1 is 1.38 bits per heavy atom. The number of hydrogen-bond acceptors (Lipinski definition) is 2. The molecule has 1 heterocycles. The van der Waals surface area contributed by atoms with Crippen LogP contribution < -0.4 is 10.6 Å². The van der Waals surface area contributed by atoms with E-state index in [9.17, 15) is 0 Å². The molecule has 0 spiro atoms. The summed E-state index contributed by atoms with van der Waals surface area (Å²) in [6, 6.07) is 1.47. The molecule has 2 nitrogen and oxygen atoms in total. The number of rotatable bonds is 4. The van der Waals surface area contributed by atoms with Crippen molar-refractivity contribution < 1.29 is 0 Å². The number of nitrogens with one attached hydrogen (secondary N) is 2. The zero-order valence-corrected chi connectivity index (χ0v) is 8.68. The van der Waals surface area contributed by atoms with Gasteiger partial charge in [-0.05, 0) is 38.6 Å². The van der Waals surface area contributed by atoms with Gasteiger partial charge in [0.2, 0.25) is 0 Å². The minimum absolute atomic E-state index is 0.734. The van der Waals surface area contributed by atoms with Gasteiger partial charge in [-0.2, -0.15) is 0 Å². The van der Waals surface area contributed by atoms with Crippen LogP contribution in [0.5, 0.6) is 0 Å². The maximum atomic E-state index is 3.73. The summed E-state index contributed by atoms with van der Waals surface area (Å²) in [7, 11) is 0. The summed E-state index contributed by atoms with van der Waals surface area (Å²) in [6.07, 6.45) is 7.07. The van der Waals surface area contributed by atoms with E-state index >= 15 is 0 Å². The molecule has 76 valence electrons. The molecule has 1 aliphatic heterocycles. The van der Waals surface area contributed by atoms with Crippen LogP contribution in [-0.2, 0) is 0 Å². The fourth-order valence-electron chi connectivity index (χ4n) is 2.32. The molecule has 0 aromatic carbocycles. The summed E-state index contributed by atoms with van der Waals surface area (Å²) in [6.45, 7) is 4.73. The van der Waals surface area contributed by atoms with Crippen molar-refractivity contribution >= 4 is 0 Å². The van der Waals surface area contributed by atoms with Gasteiger partial charge in [0.05, 0.1) is 0 Å². The molecule has 2 atom stereocenters. The molecule has 2 unspecified atom stereocenters. The highest BCUT2D eigenvalue weighted by molar-refractivity contribution is 4.82. The van der Waals surface area contributed by atoms with Crippen LogP contribution in [0.2, 0.25) is 0 Å². The first-order valence-corrected chi connectivity index (χ1v) is 5.81. The van der Waals surface area contributed by atoms with Gasteiger partial charge in [-0.15, -0.1) is 0 Å². The molecule has 2 heteroatoms. The molecule has 2 rings (SSSR count). The molecule has 0 radical (unpaired) electrons. The monoisotopic (exact) mass is 182 g/mol. The van der Waals surface area contributed by atoms with Crippen LogP contribution in [-0.4, -0.2) is 25.2 Å². The molecule has 0 bridgehead atoms. The quantitative estimate of drug-likeness (QED) is 0.689. The summed E-state index contributed by atoms with van der Waals surface area (Å²) in [4.78, 5) is 0. The molecule has 0 aromatic rings. The molecule has 1 saturated carbocycles. The topological polar surface area (TPSA) is 24.1 Å². The van der Waals surface area contributed by atoms with E-state index in [4.69, 9.17) is 0 Å². The fraction of sp³-hybridized carbons (Fsp3) is 1.00. The summed E-state index contributed by atoms with van der Waals surface area (Å²) >= 11 is 0. The lowest BCUT2D eigenvalue weighted by Crippen LogP contribution is -2.46. The first-order valence-electron chi connectivity index (χ1n) is 5.81. The van der Waals surface area contributed by atoms with Crippen LogP contribution >= 0.6 is 0 Å². The average Bonchev–Trinajstić information content (AvgIpc) is 2.90. The van der Waals surface area contributed by atoms with E-state index in [1.54, 1.807) is 0 Å². The normalized spacial score (nSPS) is 31.6. The van der Waals surface area contributed by atoms with Crippen LogP contribution in [0, 0.1) is 5.92 Å². The highest BCUT2D eigenvalue weighted by Crippen LogP contribution is 2.33. The predicted octanol–water partition coefficient (Wildman–Crippen LogP) is 1.52. The molecule has 0 amide bonds. The Labute approximate surface area is 81.5 Å². The van der Waals surface area contributed by atoms with Crippen molar-refractivity contribution in [1.82, 2.24) is 10.6 Å². The van der Waals surface area contributed by atoms with Crippen molar-refractivity contribution in [2.45, 2.75) is 51.1 Å². The maximum Gasteiger partial charge on any atom is 0.0195 e. The van der Waals surface area contributed by atoms with Crippen LogP contribution in [0.25, 0.3) is 0 Å². The lowest BCUT2D eigenvalue weighted by molar-refractivity contribution is 0.345. The van der Waals surface area contributed by atoms with E-state index in [1.807, 2.05) is 0 Å². The Morgan fingerprint density at radius 2 is 2.23 bits per heavy atom. The third-order valence-electron chi connectivity index (χ3n) is 3.20. The summed E-state index contributed by atoms with van der Waals surface area (Å²) in [5.41, 5.74) is 0. The summed E-state index contributed by atoms with van der Waals surface area (Å²) in [5.74, 6) is 1.05. The number of hydrogen-bond donors (Lipinski definition) is 2. The summed E-state index contributed by atoms with van der Waals surface area (Å²) in [5, 5.41) is 7.17. The molecule has 2 N–H and O–H groups in total. The Bertz CT molecular complexity index is 148. The minimum atomic E-state index is 0.734. The van der Waals surface area contributed by atoms with Gasteiger partial charge in [0.15, 0.2) is 0 Å². The maximum absolute atomic E-state index is 3.73. The first-order chi connectivity index (χ1) is 6.34. The third-order valence-corrected chi connectivity index (χ3v) is 3.20. The van der Waals surface area contributed by atoms with Gasteiger partial charge < -0.3 is 10.6 Å². The molecule has 1 saturated heterocycles. The van der Waals surface area contributed by atoms with Gasteiger partial charge >= 0.3 is 0 Å². The van der Waals surface area contributed by atoms with E-state index in [1.165, 1.54) is 45.2 Å². The van der Waals surface area contributed by atoms with E-state index < -0.39 is 0 Å². The summed E-state index contributed by atoms with van der Waals surface area (Å²) < 4.78 is 0. The predicted molar refractivity (Wildman–Crippen MR) is 55.8 cm³/mol. The van der Waals surface area contributed by atoms with Crippen LogP contribution in [0.15, 0.2) is 0 Å². The fourth-order valence-corrected chi connectivity index (χ4v) is 2.32. The van der Waals surface area contributed by atoms with Crippen LogP contribution in [0.1, 0.15) is 39.0 Å². The lowest BCUT2D eigenvalue weighted by Gasteiger charge is -2.27. The second-order valence-corrected chi connectivity index (χ2v) is 4.79. The Kier molecular flexibility index (Phi) is 3.23. The standard InChI is InChI=1S/C11H22N2/c1-9(7-10-4-5-10)13-11-3-2-6-12-8-11/h9-13H,2-8H2,1H3. The Balaban J connectivity index is 1.62. The van der Waals surface area contributed by atoms with Gasteiger partial charge in [0.1, 0.15) is 0 Å². The van der Waals surface area contributed by atoms with Crippen molar-refractivity contribution in [3.8, 4) is 0 Å². The van der Waals surface area contributed by atoms with E-state index in [0.717, 1.165) is 18.0 Å². The smallest absolute Gasteiger partial charge is 0.0195 e. The van der Waals surface area contributed by atoms with Gasteiger partial charge in [-0.1, -0.05) is 12.8 Å². The highest BCUT2D eigenvalue weighted by Gasteiger charge is 2.24. The van der Waals surface area contributed by atoms with Gasteiger partial charge in [0, 0.05) is 18.6 Å². The van der Waals surface area contributed by atoms with Crippen molar-refractivity contribution in [2.75, 3.05) is 13.1 Å². The molecular formula is C11H22N2. The highest BCUT2D eigenvalue weighted by atomic mass is 15.0.